The van der Waals surface area contributed by atoms with Crippen LogP contribution in [0.5, 0.6) is 0 Å². The summed E-state index contributed by atoms with van der Waals surface area (Å²) >= 11 is 4.75. The molecule has 0 saturated heterocycles. The van der Waals surface area contributed by atoms with Gasteiger partial charge in [-0.05, 0) is 6.92 Å². The van der Waals surface area contributed by atoms with Crippen LogP contribution in [-0.4, -0.2) is 42.3 Å². The second-order valence-electron chi connectivity index (χ2n) is 3.86. The van der Waals surface area contributed by atoms with E-state index < -0.39 is 5.92 Å². The predicted molar refractivity (Wildman–Crippen MR) is 66.8 cm³/mol. The van der Waals surface area contributed by atoms with Crippen molar-refractivity contribution in [1.82, 2.24) is 10.2 Å². The van der Waals surface area contributed by atoms with Crippen molar-refractivity contribution in [2.24, 2.45) is 17.6 Å². The molecule has 2 amide bonds. The van der Waals surface area contributed by atoms with E-state index in [0.29, 0.717) is 6.54 Å². The third kappa shape index (κ3) is 4.14. The largest absolute Gasteiger partial charge is 0.393 e. The van der Waals surface area contributed by atoms with Gasteiger partial charge in [0.25, 0.3) is 0 Å². The summed E-state index contributed by atoms with van der Waals surface area (Å²) in [6, 6.07) is 0. The van der Waals surface area contributed by atoms with Crippen LogP contribution in [0.15, 0.2) is 0 Å². The van der Waals surface area contributed by atoms with E-state index in [4.69, 9.17) is 18.0 Å². The quantitative estimate of drug-likeness (QED) is 0.655. The van der Waals surface area contributed by atoms with Crippen LogP contribution in [0.3, 0.4) is 0 Å². The van der Waals surface area contributed by atoms with Gasteiger partial charge < -0.3 is 16.0 Å². The van der Waals surface area contributed by atoms with E-state index in [-0.39, 0.29) is 22.7 Å². The van der Waals surface area contributed by atoms with Gasteiger partial charge in [0.1, 0.15) is 0 Å². The normalized spacial score (nSPS) is 13.8. The minimum Gasteiger partial charge on any atom is -0.393 e. The van der Waals surface area contributed by atoms with Gasteiger partial charge in [-0.3, -0.25) is 9.59 Å². The lowest BCUT2D eigenvalue weighted by Crippen LogP contribution is -2.42. The molecular weight excluding hydrogens is 226 g/mol. The highest BCUT2D eigenvalue weighted by atomic mass is 32.1. The number of amides is 2. The van der Waals surface area contributed by atoms with E-state index in [9.17, 15) is 9.59 Å². The van der Waals surface area contributed by atoms with E-state index in [1.165, 1.54) is 4.90 Å². The summed E-state index contributed by atoms with van der Waals surface area (Å²) in [6.07, 6.45) is 0. The molecule has 0 saturated carbocycles. The van der Waals surface area contributed by atoms with E-state index in [0.717, 1.165) is 0 Å². The highest BCUT2D eigenvalue weighted by Gasteiger charge is 2.22. The fourth-order valence-corrected chi connectivity index (χ4v) is 1.38. The van der Waals surface area contributed by atoms with Gasteiger partial charge in [0.15, 0.2) is 0 Å². The van der Waals surface area contributed by atoms with Gasteiger partial charge in [0.2, 0.25) is 11.8 Å². The number of carbonyl (C=O) groups excluding carboxylic acids is 2. The number of nitrogens with two attached hydrogens (primary N) is 1. The van der Waals surface area contributed by atoms with E-state index in [1.54, 1.807) is 27.9 Å². The van der Waals surface area contributed by atoms with Gasteiger partial charge in [-0.15, -0.1) is 0 Å². The van der Waals surface area contributed by atoms with Crippen molar-refractivity contribution in [2.45, 2.75) is 13.8 Å². The van der Waals surface area contributed by atoms with Gasteiger partial charge in [-0.25, -0.2) is 0 Å². The smallest absolute Gasteiger partial charge is 0.231 e. The van der Waals surface area contributed by atoms with Crippen molar-refractivity contribution in [3.8, 4) is 0 Å². The number of carbonyl (C=O) groups is 2. The first-order chi connectivity index (χ1) is 7.31. The molecule has 0 bridgehead atoms. The number of rotatable bonds is 5. The number of hydrogen-bond acceptors (Lipinski definition) is 3. The Balaban J connectivity index is 4.36. The third-order valence-corrected chi connectivity index (χ3v) is 2.77. The Hall–Kier alpha value is -1.17. The molecule has 0 fully saturated rings. The van der Waals surface area contributed by atoms with Crippen LogP contribution in [0, 0.1) is 11.8 Å². The zero-order valence-corrected chi connectivity index (χ0v) is 10.9. The first kappa shape index (κ1) is 14.8. The van der Waals surface area contributed by atoms with Gasteiger partial charge in [-0.1, -0.05) is 19.1 Å². The standard InChI is InChI=1S/C10H19N3O2S/c1-6(9(14)12-3)5-13(4)10(15)7(2)8(11)16/h6-7H,5H2,1-4H3,(H2,11,16)(H,12,14). The molecule has 0 aromatic heterocycles. The number of thiocarbonyl (C=S) groups is 1. The summed E-state index contributed by atoms with van der Waals surface area (Å²) in [5, 5.41) is 2.53. The molecule has 0 aliphatic rings. The molecule has 6 heteroatoms. The summed E-state index contributed by atoms with van der Waals surface area (Å²) in [4.78, 5) is 24.7. The minimum absolute atomic E-state index is 0.0948. The Labute approximate surface area is 101 Å². The zero-order chi connectivity index (χ0) is 12.9. The summed E-state index contributed by atoms with van der Waals surface area (Å²) in [5.74, 6) is -1.000. The van der Waals surface area contributed by atoms with Crippen molar-refractivity contribution in [2.75, 3.05) is 20.6 Å². The zero-order valence-electron chi connectivity index (χ0n) is 10.1. The van der Waals surface area contributed by atoms with Gasteiger partial charge in [0, 0.05) is 20.6 Å². The third-order valence-electron chi connectivity index (χ3n) is 2.42. The summed E-state index contributed by atoms with van der Waals surface area (Å²) in [6.45, 7) is 3.77. The van der Waals surface area contributed by atoms with Gasteiger partial charge >= 0.3 is 0 Å². The Morgan fingerprint density at radius 2 is 1.94 bits per heavy atom. The van der Waals surface area contributed by atoms with Crippen LogP contribution in [0.4, 0.5) is 0 Å². The SMILES string of the molecule is CNC(=O)C(C)CN(C)C(=O)C(C)C(N)=S. The first-order valence-corrected chi connectivity index (χ1v) is 5.48. The molecule has 0 heterocycles. The highest BCUT2D eigenvalue weighted by molar-refractivity contribution is 7.80. The van der Waals surface area contributed by atoms with Crippen LogP contribution in [-0.2, 0) is 9.59 Å². The van der Waals surface area contributed by atoms with Crippen molar-refractivity contribution in [3.05, 3.63) is 0 Å². The molecule has 5 nitrogen and oxygen atoms in total. The summed E-state index contributed by atoms with van der Waals surface area (Å²) in [7, 11) is 3.20. The summed E-state index contributed by atoms with van der Waals surface area (Å²) in [5.41, 5.74) is 5.40. The van der Waals surface area contributed by atoms with Crippen molar-refractivity contribution < 1.29 is 9.59 Å². The Morgan fingerprint density at radius 3 is 2.31 bits per heavy atom. The van der Waals surface area contributed by atoms with E-state index >= 15 is 0 Å². The van der Waals surface area contributed by atoms with Crippen molar-refractivity contribution in [3.63, 3.8) is 0 Å². The summed E-state index contributed by atoms with van der Waals surface area (Å²) < 4.78 is 0. The molecule has 2 unspecified atom stereocenters. The van der Waals surface area contributed by atoms with Gasteiger partial charge in [-0.2, -0.15) is 0 Å². The van der Waals surface area contributed by atoms with Crippen LogP contribution in [0.1, 0.15) is 13.8 Å². The molecule has 0 aliphatic carbocycles. The Kier molecular flexibility index (Phi) is 5.95. The molecule has 0 aromatic rings. The maximum atomic E-state index is 11.8. The molecule has 0 aliphatic heterocycles. The molecule has 0 radical (unpaired) electrons. The maximum Gasteiger partial charge on any atom is 0.231 e. The van der Waals surface area contributed by atoms with Crippen molar-refractivity contribution in [1.29, 1.82) is 0 Å². The fraction of sp³-hybridized carbons (Fsp3) is 0.700. The second kappa shape index (κ2) is 6.42. The highest BCUT2D eigenvalue weighted by Crippen LogP contribution is 2.05. The topological polar surface area (TPSA) is 75.4 Å². The van der Waals surface area contributed by atoms with Gasteiger partial charge in [0.05, 0.1) is 16.8 Å². The van der Waals surface area contributed by atoms with Crippen molar-refractivity contribution >= 4 is 29.0 Å². The van der Waals surface area contributed by atoms with E-state index in [2.05, 4.69) is 5.32 Å². The Morgan fingerprint density at radius 1 is 1.44 bits per heavy atom. The fourth-order valence-electron chi connectivity index (χ4n) is 1.28. The first-order valence-electron chi connectivity index (χ1n) is 5.07. The lowest BCUT2D eigenvalue weighted by atomic mass is 10.1. The minimum atomic E-state index is -0.489. The number of nitrogens with zero attached hydrogens (tertiary/aromatic N) is 1. The van der Waals surface area contributed by atoms with Crippen LogP contribution >= 0.6 is 12.2 Å². The predicted octanol–water partition coefficient (Wildman–Crippen LogP) is -0.251. The molecule has 0 aromatic carbocycles. The molecule has 16 heavy (non-hydrogen) atoms. The molecule has 92 valence electrons. The van der Waals surface area contributed by atoms with Crippen LogP contribution in [0.2, 0.25) is 0 Å². The number of hydrogen-bond donors (Lipinski definition) is 2. The lowest BCUT2D eigenvalue weighted by molar-refractivity contribution is -0.133. The number of nitrogens with one attached hydrogen (secondary N) is 1. The molecule has 0 spiro atoms. The molecular formula is C10H19N3O2S. The maximum absolute atomic E-state index is 11.8. The lowest BCUT2D eigenvalue weighted by Gasteiger charge is -2.23. The molecule has 2 atom stereocenters. The average Bonchev–Trinajstić information content (AvgIpc) is 2.25. The molecule has 3 N–H and O–H groups in total. The molecule has 0 rings (SSSR count). The van der Waals surface area contributed by atoms with E-state index in [1.807, 2.05) is 0 Å². The van der Waals surface area contributed by atoms with Crippen LogP contribution < -0.4 is 11.1 Å². The Bertz CT molecular complexity index is 294. The second-order valence-corrected chi connectivity index (χ2v) is 4.33. The average molecular weight is 245 g/mol. The monoisotopic (exact) mass is 245 g/mol. The van der Waals surface area contributed by atoms with Crippen LogP contribution in [0.25, 0.3) is 0 Å².